The van der Waals surface area contributed by atoms with Crippen LogP contribution < -0.4 is 4.90 Å². The Balaban J connectivity index is 1.78. The van der Waals surface area contributed by atoms with Crippen molar-refractivity contribution in [3.8, 4) is 0 Å². The molecule has 1 aliphatic heterocycles. The van der Waals surface area contributed by atoms with Crippen molar-refractivity contribution in [1.82, 2.24) is 4.90 Å². The summed E-state index contributed by atoms with van der Waals surface area (Å²) in [5.74, 6) is -0.171. The molecule has 142 valence electrons. The number of piperazine rings is 1. The van der Waals surface area contributed by atoms with Crippen LogP contribution in [-0.2, 0) is 6.18 Å². The Morgan fingerprint density at radius 1 is 1.00 bits per heavy atom. The predicted octanol–water partition coefficient (Wildman–Crippen LogP) is 3.58. The number of alkyl halides is 3. The van der Waals surface area contributed by atoms with E-state index in [0.717, 1.165) is 12.1 Å². The average molecular weight is 379 g/mol. The van der Waals surface area contributed by atoms with Gasteiger partial charge in [0.2, 0.25) is 0 Å². The highest BCUT2D eigenvalue weighted by Crippen LogP contribution is 2.39. The molecule has 0 N–H and O–H groups in total. The molecule has 0 radical (unpaired) electrons. The number of hydrogen-bond donors (Lipinski definition) is 0. The molecular weight excluding hydrogens is 363 g/mol. The summed E-state index contributed by atoms with van der Waals surface area (Å²) in [4.78, 5) is 25.5. The van der Waals surface area contributed by atoms with Crippen LogP contribution in [0.1, 0.15) is 15.9 Å². The van der Waals surface area contributed by atoms with Crippen molar-refractivity contribution in [1.29, 1.82) is 0 Å². The number of nitro benzene ring substituents is 1. The second-order valence-corrected chi connectivity index (χ2v) is 6.10. The maximum Gasteiger partial charge on any atom is 0.418 e. The van der Waals surface area contributed by atoms with Crippen molar-refractivity contribution >= 4 is 17.3 Å². The van der Waals surface area contributed by atoms with Crippen molar-refractivity contribution in [2.45, 2.75) is 6.18 Å². The lowest BCUT2D eigenvalue weighted by molar-refractivity contribution is -0.385. The Bertz CT molecular complexity index is 848. The number of nitrogens with zero attached hydrogens (tertiary/aromatic N) is 3. The summed E-state index contributed by atoms with van der Waals surface area (Å²) in [5, 5.41) is 10.8. The molecule has 0 unspecified atom stereocenters. The van der Waals surface area contributed by atoms with Crippen LogP contribution in [0.5, 0.6) is 0 Å². The molecule has 3 rings (SSSR count). The summed E-state index contributed by atoms with van der Waals surface area (Å²) < 4.78 is 40.1. The first-order valence-electron chi connectivity index (χ1n) is 8.22. The van der Waals surface area contributed by atoms with Gasteiger partial charge >= 0.3 is 6.18 Å². The van der Waals surface area contributed by atoms with Gasteiger partial charge in [-0.05, 0) is 18.2 Å². The Hall–Kier alpha value is -3.10. The first-order chi connectivity index (χ1) is 12.8. The summed E-state index contributed by atoms with van der Waals surface area (Å²) in [6, 6.07) is 11.4. The number of nitro groups is 1. The quantitative estimate of drug-likeness (QED) is 0.604. The molecule has 1 fully saturated rings. The van der Waals surface area contributed by atoms with E-state index < -0.39 is 22.4 Å². The third-order valence-electron chi connectivity index (χ3n) is 4.42. The predicted molar refractivity (Wildman–Crippen MR) is 92.7 cm³/mol. The molecule has 1 amide bonds. The monoisotopic (exact) mass is 379 g/mol. The van der Waals surface area contributed by atoms with E-state index in [-0.39, 0.29) is 37.8 Å². The van der Waals surface area contributed by atoms with Gasteiger partial charge in [0.25, 0.3) is 11.6 Å². The minimum Gasteiger partial charge on any atom is -0.367 e. The van der Waals surface area contributed by atoms with E-state index in [0.29, 0.717) is 11.6 Å². The number of anilines is 1. The zero-order valence-corrected chi connectivity index (χ0v) is 14.1. The normalized spacial score (nSPS) is 14.9. The molecule has 0 bridgehead atoms. The Morgan fingerprint density at radius 3 is 2.19 bits per heavy atom. The lowest BCUT2D eigenvalue weighted by atomic mass is 10.1. The maximum atomic E-state index is 13.4. The van der Waals surface area contributed by atoms with Crippen LogP contribution in [0.15, 0.2) is 48.5 Å². The zero-order chi connectivity index (χ0) is 19.6. The Morgan fingerprint density at radius 2 is 1.63 bits per heavy atom. The molecule has 1 saturated heterocycles. The molecule has 2 aromatic carbocycles. The second kappa shape index (κ2) is 7.26. The molecule has 0 aromatic heterocycles. The average Bonchev–Trinajstić information content (AvgIpc) is 2.67. The van der Waals surface area contributed by atoms with E-state index in [1.54, 1.807) is 35.2 Å². The summed E-state index contributed by atoms with van der Waals surface area (Å²) in [6.07, 6.45) is -4.71. The number of non-ortho nitro benzene ring substituents is 1. The molecule has 1 aliphatic rings. The molecule has 6 nitrogen and oxygen atoms in total. The minimum absolute atomic E-state index is 0.111. The number of rotatable bonds is 3. The van der Waals surface area contributed by atoms with Crippen LogP contribution in [0.4, 0.5) is 24.5 Å². The van der Waals surface area contributed by atoms with E-state index in [4.69, 9.17) is 0 Å². The van der Waals surface area contributed by atoms with Gasteiger partial charge in [-0.25, -0.2) is 0 Å². The number of carbonyl (C=O) groups is 1. The minimum atomic E-state index is -4.71. The lowest BCUT2D eigenvalue weighted by Crippen LogP contribution is -2.49. The zero-order valence-electron chi connectivity index (χ0n) is 14.1. The highest BCUT2D eigenvalue weighted by Gasteiger charge is 2.37. The molecule has 0 atom stereocenters. The highest BCUT2D eigenvalue weighted by atomic mass is 19.4. The molecule has 9 heteroatoms. The van der Waals surface area contributed by atoms with Crippen molar-refractivity contribution < 1.29 is 22.9 Å². The van der Waals surface area contributed by atoms with Gasteiger partial charge in [-0.15, -0.1) is 0 Å². The van der Waals surface area contributed by atoms with E-state index in [9.17, 15) is 28.1 Å². The summed E-state index contributed by atoms with van der Waals surface area (Å²) in [6.45, 7) is 0.947. The van der Waals surface area contributed by atoms with Crippen LogP contribution in [0.2, 0.25) is 0 Å². The molecule has 0 saturated carbocycles. The number of amides is 1. The third-order valence-corrected chi connectivity index (χ3v) is 4.42. The van der Waals surface area contributed by atoms with Gasteiger partial charge in [-0.2, -0.15) is 13.2 Å². The Labute approximate surface area is 153 Å². The second-order valence-electron chi connectivity index (χ2n) is 6.10. The topological polar surface area (TPSA) is 66.7 Å². The van der Waals surface area contributed by atoms with Crippen LogP contribution in [0.3, 0.4) is 0 Å². The van der Waals surface area contributed by atoms with E-state index >= 15 is 0 Å². The Kier molecular flexibility index (Phi) is 5.02. The fraction of sp³-hybridized carbons (Fsp3) is 0.278. The van der Waals surface area contributed by atoms with E-state index in [1.807, 2.05) is 0 Å². The molecule has 0 aliphatic carbocycles. The summed E-state index contributed by atoms with van der Waals surface area (Å²) >= 11 is 0. The smallest absolute Gasteiger partial charge is 0.367 e. The molecule has 2 aromatic rings. The van der Waals surface area contributed by atoms with Crippen LogP contribution in [-0.4, -0.2) is 41.9 Å². The van der Waals surface area contributed by atoms with Gasteiger partial charge in [0, 0.05) is 49.6 Å². The summed E-state index contributed by atoms with van der Waals surface area (Å²) in [7, 11) is 0. The third kappa shape index (κ3) is 4.02. The van der Waals surface area contributed by atoms with Gasteiger partial charge in [-0.1, -0.05) is 18.2 Å². The first kappa shape index (κ1) is 18.7. The van der Waals surface area contributed by atoms with Crippen molar-refractivity contribution in [2.24, 2.45) is 0 Å². The van der Waals surface area contributed by atoms with Gasteiger partial charge in [0.1, 0.15) is 0 Å². The lowest BCUT2D eigenvalue weighted by Gasteiger charge is -2.37. The van der Waals surface area contributed by atoms with Crippen LogP contribution in [0, 0.1) is 10.1 Å². The highest BCUT2D eigenvalue weighted by molar-refractivity contribution is 5.94. The van der Waals surface area contributed by atoms with Gasteiger partial charge in [0.05, 0.1) is 10.5 Å². The first-order valence-corrected chi connectivity index (χ1v) is 8.22. The van der Waals surface area contributed by atoms with Crippen LogP contribution >= 0.6 is 0 Å². The fourth-order valence-corrected chi connectivity index (χ4v) is 3.05. The molecule has 27 heavy (non-hydrogen) atoms. The van der Waals surface area contributed by atoms with Gasteiger partial charge in [0.15, 0.2) is 0 Å². The van der Waals surface area contributed by atoms with Gasteiger partial charge in [-0.3, -0.25) is 14.9 Å². The van der Waals surface area contributed by atoms with Crippen molar-refractivity contribution in [3.05, 3.63) is 69.8 Å². The SMILES string of the molecule is O=C(c1ccccc1)N1CCN(c2ccc([N+](=O)[O-])cc2C(F)(F)F)CC1. The van der Waals surface area contributed by atoms with Crippen LogP contribution in [0.25, 0.3) is 0 Å². The largest absolute Gasteiger partial charge is 0.418 e. The maximum absolute atomic E-state index is 13.4. The number of hydrogen-bond acceptors (Lipinski definition) is 4. The molecule has 1 heterocycles. The standard InChI is InChI=1S/C18H16F3N3O3/c19-18(20,21)15-12-14(24(26)27)6-7-16(15)22-8-10-23(11-9-22)17(25)13-4-2-1-3-5-13/h1-7,12H,8-11H2. The van der Waals surface area contributed by atoms with E-state index in [1.165, 1.54) is 4.90 Å². The van der Waals surface area contributed by atoms with Crippen molar-refractivity contribution in [3.63, 3.8) is 0 Å². The number of halogens is 3. The molecule has 0 spiro atoms. The number of benzene rings is 2. The van der Waals surface area contributed by atoms with Crippen molar-refractivity contribution in [2.75, 3.05) is 31.1 Å². The van der Waals surface area contributed by atoms with Gasteiger partial charge < -0.3 is 9.80 Å². The summed E-state index contributed by atoms with van der Waals surface area (Å²) in [5.41, 5.74) is -1.24. The fourth-order valence-electron chi connectivity index (χ4n) is 3.05. The van der Waals surface area contributed by atoms with E-state index in [2.05, 4.69) is 0 Å². The molecular formula is C18H16F3N3O3. The number of carbonyl (C=O) groups excluding carboxylic acids is 1.